The first-order chi connectivity index (χ1) is 15.5. The lowest BCUT2D eigenvalue weighted by Crippen LogP contribution is -2.30. The van der Waals surface area contributed by atoms with Crippen LogP contribution in [-0.2, 0) is 6.54 Å². The SMILES string of the molecule is CSc1nc(N2CCCCC2)c2cnn(CCNC(=O)c3ccc(C)c([N+](=O)[O-])c3)c2n1. The van der Waals surface area contributed by atoms with Crippen molar-refractivity contribution in [3.05, 3.63) is 45.6 Å². The molecule has 11 heteroatoms. The van der Waals surface area contributed by atoms with Gasteiger partial charge < -0.3 is 10.2 Å². The quantitative estimate of drug-likeness (QED) is 0.250. The number of nitrogens with zero attached hydrogens (tertiary/aromatic N) is 6. The van der Waals surface area contributed by atoms with Crippen molar-refractivity contribution in [2.24, 2.45) is 0 Å². The maximum atomic E-state index is 12.5. The Balaban J connectivity index is 1.49. The fourth-order valence-electron chi connectivity index (χ4n) is 3.85. The molecule has 0 atom stereocenters. The van der Waals surface area contributed by atoms with Crippen LogP contribution in [0.15, 0.2) is 29.6 Å². The van der Waals surface area contributed by atoms with Gasteiger partial charge in [0.1, 0.15) is 5.82 Å². The number of carbonyl (C=O) groups excluding carboxylic acids is 1. The van der Waals surface area contributed by atoms with Crippen LogP contribution in [0, 0.1) is 17.0 Å². The number of hydrogen-bond donors (Lipinski definition) is 1. The molecule has 1 aliphatic heterocycles. The zero-order chi connectivity index (χ0) is 22.7. The summed E-state index contributed by atoms with van der Waals surface area (Å²) in [6.07, 6.45) is 7.27. The van der Waals surface area contributed by atoms with Crippen LogP contribution in [0.4, 0.5) is 11.5 Å². The number of aryl methyl sites for hydroxylation is 1. The first kappa shape index (κ1) is 22.0. The molecule has 0 radical (unpaired) electrons. The van der Waals surface area contributed by atoms with Gasteiger partial charge in [-0.15, -0.1) is 0 Å². The summed E-state index contributed by atoms with van der Waals surface area (Å²) in [5.74, 6) is 0.555. The number of thioether (sulfide) groups is 1. The van der Waals surface area contributed by atoms with E-state index in [0.29, 0.717) is 23.8 Å². The molecule has 10 nitrogen and oxygen atoms in total. The van der Waals surface area contributed by atoms with Gasteiger partial charge in [0.15, 0.2) is 10.8 Å². The Morgan fingerprint density at radius 3 is 2.75 bits per heavy atom. The molecule has 1 amide bonds. The Hall–Kier alpha value is -3.21. The molecular formula is C21H25N7O3S. The standard InChI is InChI=1S/C21H25N7O3S/c1-14-6-7-15(12-17(14)28(30)31)20(29)22-8-11-27-19-16(13-23-27)18(24-21(25-19)32-2)26-9-4-3-5-10-26/h6-7,12-13H,3-5,8-11H2,1-2H3,(H,22,29). The summed E-state index contributed by atoms with van der Waals surface area (Å²) in [5.41, 5.74) is 1.45. The number of nitrogens with one attached hydrogen (secondary N) is 1. The molecule has 168 valence electrons. The number of piperidine rings is 1. The molecule has 0 unspecified atom stereocenters. The van der Waals surface area contributed by atoms with Crippen molar-refractivity contribution in [1.29, 1.82) is 0 Å². The topological polar surface area (TPSA) is 119 Å². The number of nitro benzene ring substituents is 1. The predicted molar refractivity (Wildman–Crippen MR) is 123 cm³/mol. The van der Waals surface area contributed by atoms with Crippen molar-refractivity contribution in [2.75, 3.05) is 30.8 Å². The normalized spacial score (nSPS) is 14.0. The van der Waals surface area contributed by atoms with Crippen LogP contribution in [0.3, 0.4) is 0 Å². The van der Waals surface area contributed by atoms with Crippen LogP contribution < -0.4 is 10.2 Å². The molecule has 4 rings (SSSR count). The Morgan fingerprint density at radius 1 is 1.25 bits per heavy atom. The number of aromatic nitrogens is 4. The molecule has 1 aromatic carbocycles. The van der Waals surface area contributed by atoms with Gasteiger partial charge >= 0.3 is 0 Å². The van der Waals surface area contributed by atoms with E-state index in [-0.39, 0.29) is 17.2 Å². The second-order valence-electron chi connectivity index (χ2n) is 7.70. The highest BCUT2D eigenvalue weighted by Crippen LogP contribution is 2.28. The molecule has 0 aliphatic carbocycles. The average Bonchev–Trinajstić information content (AvgIpc) is 3.21. The largest absolute Gasteiger partial charge is 0.356 e. The Labute approximate surface area is 189 Å². The highest BCUT2D eigenvalue weighted by molar-refractivity contribution is 7.98. The van der Waals surface area contributed by atoms with E-state index in [0.717, 1.165) is 42.8 Å². The smallest absolute Gasteiger partial charge is 0.273 e. The zero-order valence-electron chi connectivity index (χ0n) is 18.1. The molecule has 1 N–H and O–H groups in total. The number of rotatable bonds is 7. The van der Waals surface area contributed by atoms with E-state index in [9.17, 15) is 14.9 Å². The molecule has 3 aromatic rings. The van der Waals surface area contributed by atoms with Gasteiger partial charge in [0.05, 0.1) is 23.1 Å². The lowest BCUT2D eigenvalue weighted by molar-refractivity contribution is -0.385. The van der Waals surface area contributed by atoms with Crippen LogP contribution in [0.25, 0.3) is 11.0 Å². The first-order valence-corrected chi connectivity index (χ1v) is 11.8. The van der Waals surface area contributed by atoms with Crippen molar-refractivity contribution in [2.45, 2.75) is 37.9 Å². The van der Waals surface area contributed by atoms with E-state index in [1.807, 2.05) is 6.26 Å². The van der Waals surface area contributed by atoms with Crippen molar-refractivity contribution < 1.29 is 9.72 Å². The summed E-state index contributed by atoms with van der Waals surface area (Å²) in [7, 11) is 0. The number of anilines is 1. The van der Waals surface area contributed by atoms with Crippen molar-refractivity contribution >= 4 is 40.2 Å². The lowest BCUT2D eigenvalue weighted by Gasteiger charge is -2.28. The van der Waals surface area contributed by atoms with Crippen molar-refractivity contribution in [1.82, 2.24) is 25.1 Å². The predicted octanol–water partition coefficient (Wildman–Crippen LogP) is 3.19. The number of amides is 1. The van der Waals surface area contributed by atoms with Gasteiger partial charge in [0.2, 0.25) is 0 Å². The third-order valence-corrected chi connectivity index (χ3v) is 6.12. The van der Waals surface area contributed by atoms with E-state index >= 15 is 0 Å². The molecule has 1 fully saturated rings. The number of carbonyl (C=O) groups is 1. The highest BCUT2D eigenvalue weighted by Gasteiger charge is 2.20. The van der Waals surface area contributed by atoms with Crippen LogP contribution in [0.2, 0.25) is 0 Å². The minimum Gasteiger partial charge on any atom is -0.356 e. The maximum Gasteiger partial charge on any atom is 0.273 e. The first-order valence-electron chi connectivity index (χ1n) is 10.5. The van der Waals surface area contributed by atoms with Crippen LogP contribution in [-0.4, -0.2) is 56.5 Å². The number of benzene rings is 1. The van der Waals surface area contributed by atoms with Gasteiger partial charge in [-0.1, -0.05) is 17.8 Å². The summed E-state index contributed by atoms with van der Waals surface area (Å²) in [5, 5.41) is 20.0. The van der Waals surface area contributed by atoms with Gasteiger partial charge in [-0.3, -0.25) is 14.9 Å². The fraction of sp³-hybridized carbons (Fsp3) is 0.429. The highest BCUT2D eigenvalue weighted by atomic mass is 32.2. The molecule has 2 aromatic heterocycles. The maximum absolute atomic E-state index is 12.5. The van der Waals surface area contributed by atoms with E-state index < -0.39 is 4.92 Å². The lowest BCUT2D eigenvalue weighted by atomic mass is 10.1. The van der Waals surface area contributed by atoms with E-state index in [2.05, 4.69) is 20.3 Å². The molecular weight excluding hydrogens is 430 g/mol. The van der Waals surface area contributed by atoms with Gasteiger partial charge in [0, 0.05) is 36.8 Å². The number of fused-ring (bicyclic) bond motifs is 1. The molecule has 0 saturated carbocycles. The van der Waals surface area contributed by atoms with E-state index in [4.69, 9.17) is 4.98 Å². The molecule has 3 heterocycles. The molecule has 1 saturated heterocycles. The monoisotopic (exact) mass is 455 g/mol. The van der Waals surface area contributed by atoms with Crippen LogP contribution >= 0.6 is 11.8 Å². The third-order valence-electron chi connectivity index (χ3n) is 5.57. The molecule has 1 aliphatic rings. The summed E-state index contributed by atoms with van der Waals surface area (Å²) in [6, 6.07) is 4.47. The van der Waals surface area contributed by atoms with Crippen LogP contribution in [0.5, 0.6) is 0 Å². The van der Waals surface area contributed by atoms with Gasteiger partial charge in [-0.2, -0.15) is 5.10 Å². The van der Waals surface area contributed by atoms with Crippen LogP contribution in [0.1, 0.15) is 35.2 Å². The second-order valence-corrected chi connectivity index (χ2v) is 8.47. The Morgan fingerprint density at radius 2 is 2.03 bits per heavy atom. The van der Waals surface area contributed by atoms with E-state index in [1.54, 1.807) is 29.9 Å². The summed E-state index contributed by atoms with van der Waals surface area (Å²) in [4.78, 5) is 34.8. The number of nitro groups is 1. The second kappa shape index (κ2) is 9.51. The average molecular weight is 456 g/mol. The minimum absolute atomic E-state index is 0.0674. The Bertz CT molecular complexity index is 1160. The summed E-state index contributed by atoms with van der Waals surface area (Å²) < 4.78 is 1.77. The van der Waals surface area contributed by atoms with Gasteiger partial charge in [-0.25, -0.2) is 14.6 Å². The summed E-state index contributed by atoms with van der Waals surface area (Å²) >= 11 is 1.49. The molecule has 32 heavy (non-hydrogen) atoms. The van der Waals surface area contributed by atoms with Gasteiger partial charge in [-0.05, 0) is 38.5 Å². The van der Waals surface area contributed by atoms with Crippen molar-refractivity contribution in [3.8, 4) is 0 Å². The molecule has 0 spiro atoms. The fourth-order valence-corrected chi connectivity index (χ4v) is 4.20. The third kappa shape index (κ3) is 4.52. The number of hydrogen-bond acceptors (Lipinski definition) is 8. The zero-order valence-corrected chi connectivity index (χ0v) is 18.9. The van der Waals surface area contributed by atoms with Gasteiger partial charge in [0.25, 0.3) is 11.6 Å². The Kier molecular flexibility index (Phi) is 6.54. The summed E-state index contributed by atoms with van der Waals surface area (Å²) in [6.45, 7) is 4.33. The van der Waals surface area contributed by atoms with Crippen molar-refractivity contribution in [3.63, 3.8) is 0 Å². The minimum atomic E-state index is -0.481. The van der Waals surface area contributed by atoms with E-state index in [1.165, 1.54) is 24.2 Å². The molecule has 0 bridgehead atoms.